The van der Waals surface area contributed by atoms with Gasteiger partial charge < -0.3 is 69.5 Å². The summed E-state index contributed by atoms with van der Waals surface area (Å²) in [4.78, 5) is 99.2. The Morgan fingerprint density at radius 1 is 1.08 bits per heavy atom. The summed E-state index contributed by atoms with van der Waals surface area (Å²) in [6, 6.07) is 13.0. The Morgan fingerprint density at radius 2 is 1.85 bits per heavy atom. The number of fused-ring (bicyclic) bond motifs is 1. The van der Waals surface area contributed by atoms with Crippen molar-refractivity contribution in [2.75, 3.05) is 71.7 Å². The molecule has 2 aromatic heterocycles. The number of hydrogen-bond donors (Lipinski definition) is 9. The van der Waals surface area contributed by atoms with Crippen LogP contribution in [-0.2, 0) is 50.6 Å². The first-order chi connectivity index (χ1) is 35.1. The highest BCUT2D eigenvalue weighted by Crippen LogP contribution is 2.66. The second-order valence-corrected chi connectivity index (χ2v) is 22.4. The van der Waals surface area contributed by atoms with Crippen LogP contribution >= 0.6 is 45.1 Å². The van der Waals surface area contributed by atoms with E-state index in [4.69, 9.17) is 49.3 Å². The van der Waals surface area contributed by atoms with Gasteiger partial charge in [-0.2, -0.15) is 13.6 Å². The summed E-state index contributed by atoms with van der Waals surface area (Å²) < 4.78 is 78.3. The normalized spacial score (nSPS) is 17.9. The summed E-state index contributed by atoms with van der Waals surface area (Å²) in [6.45, 7) is 0.837. The summed E-state index contributed by atoms with van der Waals surface area (Å²) in [5.41, 5.74) is 15.3. The summed E-state index contributed by atoms with van der Waals surface area (Å²) in [6.07, 6.45) is -2.11. The van der Waals surface area contributed by atoms with E-state index in [1.807, 2.05) is 13.2 Å². The van der Waals surface area contributed by atoms with Crippen LogP contribution in [0.1, 0.15) is 56.7 Å². The van der Waals surface area contributed by atoms with Gasteiger partial charge in [-0.1, -0.05) is 62.8 Å². The van der Waals surface area contributed by atoms with Crippen molar-refractivity contribution in [2.45, 2.75) is 43.3 Å². The fraction of sp³-hybridized carbons (Fsp3) is 0.425. The van der Waals surface area contributed by atoms with Crippen LogP contribution in [0.15, 0.2) is 64.6 Å². The van der Waals surface area contributed by atoms with Crippen LogP contribution in [0.4, 0.5) is 5.95 Å². The zero-order valence-corrected chi connectivity index (χ0v) is 43.6. The number of benzene rings is 2. The summed E-state index contributed by atoms with van der Waals surface area (Å²) in [5, 5.41) is 11.5. The molecule has 34 heteroatoms. The van der Waals surface area contributed by atoms with Crippen LogP contribution < -0.4 is 32.0 Å². The van der Waals surface area contributed by atoms with E-state index in [-0.39, 0.29) is 72.1 Å². The van der Waals surface area contributed by atoms with E-state index in [2.05, 4.69) is 56.4 Å². The summed E-state index contributed by atoms with van der Waals surface area (Å²) in [5.74, 6) is 3.81. The molecule has 5 rings (SSSR count). The molecule has 10 N–H and O–H groups in total. The molecule has 4 aromatic rings. The molecule has 74 heavy (non-hydrogen) atoms. The number of carbonyl (C=O) groups excluding carboxylic acids is 3. The zero-order chi connectivity index (χ0) is 54.1. The number of rotatable bonds is 28. The highest BCUT2D eigenvalue weighted by Gasteiger charge is 2.45. The van der Waals surface area contributed by atoms with Crippen LogP contribution in [0.3, 0.4) is 0 Å². The van der Waals surface area contributed by atoms with Crippen molar-refractivity contribution in [3.8, 4) is 17.6 Å². The molecule has 1 saturated heterocycles. The van der Waals surface area contributed by atoms with E-state index >= 15 is 0 Å². The molecule has 0 aliphatic carbocycles. The Kier molecular flexibility index (Phi) is 22.5. The Hall–Kier alpha value is -5.31. The molecule has 0 radical (unpaired) electrons. The summed E-state index contributed by atoms with van der Waals surface area (Å²) >= 11 is 0. The lowest BCUT2D eigenvalue weighted by Crippen LogP contribution is -2.31. The lowest BCUT2D eigenvalue weighted by molar-refractivity contribution is -0.126. The number of azide groups is 1. The maximum atomic E-state index is 13.8. The number of nitrogens with two attached hydrogens (primary N) is 1. The van der Waals surface area contributed by atoms with Gasteiger partial charge in [0.25, 0.3) is 11.5 Å². The average Bonchev–Trinajstić information content (AvgIpc) is 3.90. The molecule has 3 heterocycles. The number of phosphoric ester groups is 1. The molecule has 0 spiro atoms. The minimum absolute atomic E-state index is 0.0661. The number of carbonyl (C=O) groups is 3. The van der Waals surface area contributed by atoms with E-state index < -0.39 is 78.8 Å². The second-order valence-electron chi connectivity index (χ2n) is 15.1. The standard InChI is InChI=1S/C40H51N10O19P3S2/c1-24(74-73-3)28-11-4-5-12-29(28)39(54)67-30-19-34(66-31(30)21-65-71(58,59)69-72(60,61)68-70(55,56)57)50-20-26(35-36(50)46-40(41)47-38(35)53)9-7-13-44-32(51)22-62-16-17-63-33(48-49-42)23-64-27-10-6-8-25(18-27)37(52)45-15-14-43-2/h4-6,8,10-12,18,20,24,30-31,33-34,43H,13-17,19,21-23H2,1-3H3,(H,44,51)(H,45,52)(H,58,59)(H,60,61)(H2,55,56,57)(H3,41,46,47,53)/t24?,30?,31-,33?,34-/m1/s1. The first-order valence-electron chi connectivity index (χ1n) is 21.6. The predicted octanol–water partition coefficient (Wildman–Crippen LogP) is 3.40. The third-order valence-corrected chi connectivity index (χ3v) is 15.8. The number of ether oxygens (including phenoxy) is 5. The van der Waals surface area contributed by atoms with Crippen molar-refractivity contribution in [1.82, 2.24) is 30.5 Å². The highest BCUT2D eigenvalue weighted by atomic mass is 33.1. The van der Waals surface area contributed by atoms with Crippen molar-refractivity contribution in [3.05, 3.63) is 97.8 Å². The molecule has 0 bridgehead atoms. The number of nitrogens with zero attached hydrogens (tertiary/aromatic N) is 5. The Morgan fingerprint density at radius 3 is 2.58 bits per heavy atom. The molecule has 5 unspecified atom stereocenters. The van der Waals surface area contributed by atoms with Gasteiger partial charge >= 0.3 is 29.4 Å². The molecule has 402 valence electrons. The van der Waals surface area contributed by atoms with E-state index in [0.29, 0.717) is 30.0 Å². The van der Waals surface area contributed by atoms with Crippen LogP contribution in [0.5, 0.6) is 5.75 Å². The number of esters is 1. The van der Waals surface area contributed by atoms with Gasteiger partial charge in [0, 0.05) is 41.4 Å². The van der Waals surface area contributed by atoms with E-state index in [1.165, 1.54) is 44.5 Å². The Labute approximate surface area is 428 Å². The minimum atomic E-state index is -5.89. The largest absolute Gasteiger partial charge is 0.491 e. The van der Waals surface area contributed by atoms with Crippen molar-refractivity contribution in [3.63, 3.8) is 0 Å². The van der Waals surface area contributed by atoms with Gasteiger partial charge in [-0.3, -0.25) is 23.9 Å². The van der Waals surface area contributed by atoms with Crippen LogP contribution in [0.2, 0.25) is 0 Å². The zero-order valence-electron chi connectivity index (χ0n) is 39.3. The van der Waals surface area contributed by atoms with Gasteiger partial charge in [-0.25, -0.2) is 18.5 Å². The minimum Gasteiger partial charge on any atom is -0.491 e. The predicted molar refractivity (Wildman–Crippen MR) is 266 cm³/mol. The van der Waals surface area contributed by atoms with E-state index in [0.717, 1.165) is 0 Å². The van der Waals surface area contributed by atoms with Gasteiger partial charge in [0.15, 0.2) is 11.9 Å². The number of H-pyrrole nitrogens is 1. The molecular formula is C40H51N10O19P3S2. The van der Waals surface area contributed by atoms with Crippen LogP contribution in [0, 0.1) is 11.8 Å². The number of hydrogen-bond acceptors (Lipinski definition) is 21. The van der Waals surface area contributed by atoms with E-state index in [1.54, 1.807) is 43.4 Å². The number of anilines is 1. The van der Waals surface area contributed by atoms with Crippen molar-refractivity contribution in [2.24, 2.45) is 5.11 Å². The molecule has 2 aromatic carbocycles. The van der Waals surface area contributed by atoms with Crippen molar-refractivity contribution < 1.29 is 84.5 Å². The second kappa shape index (κ2) is 28.0. The number of aromatic nitrogens is 3. The average molecular weight is 1130 g/mol. The molecule has 2 amide bonds. The SMILES string of the molecule is CNCCNC(=O)c1cccc(OCC(N=[N+]=[N-])OCCOCC(=O)NCC#Cc2cn([C@H]3CC(OC(=O)c4ccccc4C(C)SSC)[C@@H](COP(=O)(O)OP(=O)(O)OP(=O)(O)O)O3)c3nc(N)[nH]c(=O)c23)c1. The van der Waals surface area contributed by atoms with Gasteiger partial charge in [-0.15, -0.1) is 0 Å². The lowest BCUT2D eigenvalue weighted by Gasteiger charge is -2.22. The quantitative estimate of drug-likeness (QED) is 0.00575. The third-order valence-electron chi connectivity index (χ3n) is 9.82. The van der Waals surface area contributed by atoms with Gasteiger partial charge in [0.2, 0.25) is 11.9 Å². The molecule has 1 aliphatic rings. The first kappa shape index (κ1) is 59.6. The molecule has 0 saturated carbocycles. The fourth-order valence-corrected chi connectivity index (χ4v) is 11.6. The molecule has 29 nitrogen and oxygen atoms in total. The van der Waals surface area contributed by atoms with Crippen LogP contribution in [0.25, 0.3) is 21.5 Å². The first-order valence-corrected chi connectivity index (χ1v) is 28.7. The van der Waals surface area contributed by atoms with Crippen molar-refractivity contribution >= 4 is 79.8 Å². The number of aromatic amines is 1. The van der Waals surface area contributed by atoms with E-state index in [9.17, 15) is 42.7 Å². The molecular weight excluding hydrogens is 1080 g/mol. The molecule has 1 fully saturated rings. The summed E-state index contributed by atoms with van der Waals surface area (Å²) in [7, 11) is -12.6. The monoisotopic (exact) mass is 1130 g/mol. The Bertz CT molecular complexity index is 2950. The maximum Gasteiger partial charge on any atom is 0.490 e. The highest BCUT2D eigenvalue weighted by molar-refractivity contribution is 8.76. The number of amides is 2. The smallest absolute Gasteiger partial charge is 0.490 e. The third kappa shape index (κ3) is 18.5. The van der Waals surface area contributed by atoms with Gasteiger partial charge in [0.05, 0.1) is 42.9 Å². The number of likely N-dealkylation sites (N-methyl/N-ethyl adjacent to an activating group) is 1. The molecule has 1 aliphatic heterocycles. The molecule has 7 atom stereocenters. The van der Waals surface area contributed by atoms with Gasteiger partial charge in [0.1, 0.15) is 37.4 Å². The number of phosphoric acid groups is 3. The van der Waals surface area contributed by atoms with Gasteiger partial charge in [-0.05, 0) is 55.6 Å². The Balaban J connectivity index is 1.23. The maximum absolute atomic E-state index is 13.8. The van der Waals surface area contributed by atoms with Crippen molar-refractivity contribution in [1.29, 1.82) is 0 Å². The topological polar surface area (TPSA) is 419 Å². The lowest BCUT2D eigenvalue weighted by atomic mass is 10.0. The number of nitrogens with one attached hydrogen (secondary N) is 4. The fourth-order valence-electron chi connectivity index (χ4n) is 6.75. The number of nitrogen functional groups attached to an aromatic ring is 1. The van der Waals surface area contributed by atoms with Crippen LogP contribution in [-0.4, -0.2) is 136 Å².